The van der Waals surface area contributed by atoms with Gasteiger partial charge in [0.2, 0.25) is 0 Å². The van der Waals surface area contributed by atoms with Gasteiger partial charge in [-0.25, -0.2) is 0 Å². The van der Waals surface area contributed by atoms with Crippen molar-refractivity contribution < 1.29 is 9.47 Å². The first kappa shape index (κ1) is 19.2. The van der Waals surface area contributed by atoms with Gasteiger partial charge in [-0.2, -0.15) is 0 Å². The molecule has 0 aromatic heterocycles. The molecule has 1 atom stereocenters. The molecule has 5 heteroatoms. The van der Waals surface area contributed by atoms with Crippen LogP contribution in [-0.4, -0.2) is 44.7 Å². The van der Waals surface area contributed by atoms with Crippen molar-refractivity contribution in [2.24, 2.45) is 10.9 Å². The van der Waals surface area contributed by atoms with Gasteiger partial charge in [0, 0.05) is 39.7 Å². The van der Waals surface area contributed by atoms with E-state index in [2.05, 4.69) is 46.5 Å². The molecule has 0 radical (unpaired) electrons. The highest BCUT2D eigenvalue weighted by atomic mass is 16.5. The van der Waals surface area contributed by atoms with Crippen molar-refractivity contribution in [1.29, 1.82) is 0 Å². The zero-order valence-electron chi connectivity index (χ0n) is 16.2. The van der Waals surface area contributed by atoms with Crippen molar-refractivity contribution in [3.8, 4) is 5.75 Å². The minimum atomic E-state index is 0.584. The van der Waals surface area contributed by atoms with Gasteiger partial charge < -0.3 is 19.7 Å². The fraction of sp³-hybridized carbons (Fsp3) is 0.409. The van der Waals surface area contributed by atoms with Crippen molar-refractivity contribution in [3.63, 3.8) is 0 Å². The Hall–Kier alpha value is -2.53. The Bertz CT molecular complexity index is 710. The summed E-state index contributed by atoms with van der Waals surface area (Å²) in [6, 6.07) is 18.4. The standard InChI is InChI=1S/C22H29N3O2/c1-23-22(25(2)15-20-12-13-26-16-20)24-14-18-8-10-21(11-9-18)27-17-19-6-4-3-5-7-19/h3-11,20H,12-17H2,1-2H3,(H,23,24). The fourth-order valence-corrected chi connectivity index (χ4v) is 3.21. The lowest BCUT2D eigenvalue weighted by atomic mass is 10.1. The Morgan fingerprint density at radius 1 is 1.15 bits per heavy atom. The summed E-state index contributed by atoms with van der Waals surface area (Å²) in [5.74, 6) is 2.38. The number of ether oxygens (including phenoxy) is 2. The number of aliphatic imine (C=N–C) groups is 1. The van der Waals surface area contributed by atoms with Gasteiger partial charge in [-0.15, -0.1) is 0 Å². The molecule has 2 aromatic rings. The van der Waals surface area contributed by atoms with Gasteiger partial charge in [0.05, 0.1) is 6.61 Å². The summed E-state index contributed by atoms with van der Waals surface area (Å²) in [4.78, 5) is 6.57. The summed E-state index contributed by atoms with van der Waals surface area (Å²) < 4.78 is 11.3. The highest BCUT2D eigenvalue weighted by Gasteiger charge is 2.18. The van der Waals surface area contributed by atoms with Gasteiger partial charge in [-0.1, -0.05) is 42.5 Å². The molecule has 0 saturated carbocycles. The average Bonchev–Trinajstić information content (AvgIpc) is 3.21. The van der Waals surface area contributed by atoms with Crippen LogP contribution in [0.25, 0.3) is 0 Å². The maximum absolute atomic E-state index is 5.84. The second kappa shape index (κ2) is 9.97. The third kappa shape index (κ3) is 6.00. The molecule has 1 unspecified atom stereocenters. The minimum absolute atomic E-state index is 0.584. The number of nitrogens with one attached hydrogen (secondary N) is 1. The Balaban J connectivity index is 1.45. The SMILES string of the molecule is CN=C(NCc1ccc(OCc2ccccc2)cc1)N(C)CC1CCOC1. The molecule has 1 aliphatic heterocycles. The van der Waals surface area contributed by atoms with E-state index in [4.69, 9.17) is 9.47 Å². The van der Waals surface area contributed by atoms with Crippen molar-refractivity contribution in [3.05, 3.63) is 65.7 Å². The van der Waals surface area contributed by atoms with E-state index in [-0.39, 0.29) is 0 Å². The van der Waals surface area contributed by atoms with Crippen LogP contribution in [0.3, 0.4) is 0 Å². The molecule has 1 heterocycles. The van der Waals surface area contributed by atoms with Crippen LogP contribution >= 0.6 is 0 Å². The molecule has 1 N–H and O–H groups in total. The van der Waals surface area contributed by atoms with E-state index in [0.717, 1.165) is 44.4 Å². The van der Waals surface area contributed by atoms with Crippen LogP contribution in [0, 0.1) is 5.92 Å². The Morgan fingerprint density at radius 3 is 2.59 bits per heavy atom. The Labute approximate surface area is 162 Å². The van der Waals surface area contributed by atoms with Crippen LogP contribution in [0.5, 0.6) is 5.75 Å². The lowest BCUT2D eigenvalue weighted by molar-refractivity contribution is 0.181. The van der Waals surface area contributed by atoms with Gasteiger partial charge >= 0.3 is 0 Å². The van der Waals surface area contributed by atoms with E-state index in [1.807, 2.05) is 37.4 Å². The van der Waals surface area contributed by atoms with Crippen LogP contribution in [0.1, 0.15) is 17.5 Å². The normalized spacial score (nSPS) is 17.0. The molecule has 0 amide bonds. The van der Waals surface area contributed by atoms with Gasteiger partial charge in [0.15, 0.2) is 5.96 Å². The van der Waals surface area contributed by atoms with Crippen LogP contribution in [0.4, 0.5) is 0 Å². The summed E-state index contributed by atoms with van der Waals surface area (Å²) in [6.45, 7) is 4.01. The highest BCUT2D eigenvalue weighted by Crippen LogP contribution is 2.15. The van der Waals surface area contributed by atoms with E-state index in [0.29, 0.717) is 12.5 Å². The molecule has 27 heavy (non-hydrogen) atoms. The van der Waals surface area contributed by atoms with E-state index in [9.17, 15) is 0 Å². The number of hydrogen-bond donors (Lipinski definition) is 1. The maximum atomic E-state index is 5.84. The van der Waals surface area contributed by atoms with Gasteiger partial charge in [-0.05, 0) is 29.7 Å². The summed E-state index contributed by atoms with van der Waals surface area (Å²) in [7, 11) is 3.90. The van der Waals surface area contributed by atoms with Gasteiger partial charge in [0.1, 0.15) is 12.4 Å². The zero-order valence-corrected chi connectivity index (χ0v) is 16.2. The van der Waals surface area contributed by atoms with Crippen molar-refractivity contribution >= 4 is 5.96 Å². The smallest absolute Gasteiger partial charge is 0.193 e. The third-order valence-electron chi connectivity index (χ3n) is 4.75. The van der Waals surface area contributed by atoms with E-state index >= 15 is 0 Å². The number of hydrogen-bond acceptors (Lipinski definition) is 3. The highest BCUT2D eigenvalue weighted by molar-refractivity contribution is 5.79. The molecule has 144 valence electrons. The topological polar surface area (TPSA) is 46.1 Å². The number of benzene rings is 2. The zero-order chi connectivity index (χ0) is 18.9. The van der Waals surface area contributed by atoms with Crippen LogP contribution in [0.2, 0.25) is 0 Å². The first-order chi connectivity index (χ1) is 13.2. The fourth-order valence-electron chi connectivity index (χ4n) is 3.21. The van der Waals surface area contributed by atoms with Crippen molar-refractivity contribution in [2.45, 2.75) is 19.6 Å². The summed E-state index contributed by atoms with van der Waals surface area (Å²) in [5, 5.41) is 3.43. The Kier molecular flexibility index (Phi) is 7.11. The number of guanidine groups is 1. The largest absolute Gasteiger partial charge is 0.489 e. The number of nitrogens with zero attached hydrogens (tertiary/aromatic N) is 2. The van der Waals surface area contributed by atoms with Crippen LogP contribution in [-0.2, 0) is 17.9 Å². The quantitative estimate of drug-likeness (QED) is 0.602. The van der Waals surface area contributed by atoms with Gasteiger partial charge in [0.25, 0.3) is 0 Å². The molecule has 0 spiro atoms. The molecule has 3 rings (SSSR count). The molecule has 5 nitrogen and oxygen atoms in total. The summed E-state index contributed by atoms with van der Waals surface area (Å²) in [5.41, 5.74) is 2.36. The van der Waals surface area contributed by atoms with Crippen molar-refractivity contribution in [2.75, 3.05) is 33.9 Å². The maximum Gasteiger partial charge on any atom is 0.193 e. The lowest BCUT2D eigenvalue weighted by Gasteiger charge is -2.24. The molecular weight excluding hydrogens is 338 g/mol. The molecule has 0 bridgehead atoms. The predicted molar refractivity (Wildman–Crippen MR) is 109 cm³/mol. The molecule has 1 saturated heterocycles. The first-order valence-electron chi connectivity index (χ1n) is 9.50. The van der Waals surface area contributed by atoms with Gasteiger partial charge in [-0.3, -0.25) is 4.99 Å². The van der Waals surface area contributed by atoms with E-state index in [1.165, 1.54) is 11.1 Å². The first-order valence-corrected chi connectivity index (χ1v) is 9.50. The summed E-state index contributed by atoms with van der Waals surface area (Å²) in [6.07, 6.45) is 1.13. The van der Waals surface area contributed by atoms with Crippen LogP contribution < -0.4 is 10.1 Å². The second-order valence-electron chi connectivity index (χ2n) is 6.93. The molecule has 2 aromatic carbocycles. The second-order valence-corrected chi connectivity index (χ2v) is 6.93. The number of rotatable bonds is 7. The molecule has 1 aliphatic rings. The van der Waals surface area contributed by atoms with E-state index in [1.54, 1.807) is 0 Å². The summed E-state index contributed by atoms with van der Waals surface area (Å²) >= 11 is 0. The minimum Gasteiger partial charge on any atom is -0.489 e. The molecule has 0 aliphatic carbocycles. The predicted octanol–water partition coefficient (Wildman–Crippen LogP) is 3.31. The molecule has 1 fully saturated rings. The monoisotopic (exact) mass is 367 g/mol. The average molecular weight is 367 g/mol. The van der Waals surface area contributed by atoms with Crippen LogP contribution in [0.15, 0.2) is 59.6 Å². The Morgan fingerprint density at radius 2 is 1.93 bits per heavy atom. The lowest BCUT2D eigenvalue weighted by Crippen LogP contribution is -2.41. The molecular formula is C22H29N3O2. The third-order valence-corrected chi connectivity index (χ3v) is 4.75. The van der Waals surface area contributed by atoms with Crippen molar-refractivity contribution in [1.82, 2.24) is 10.2 Å². The van der Waals surface area contributed by atoms with E-state index < -0.39 is 0 Å².